The van der Waals surface area contributed by atoms with Crippen LogP contribution in [0.5, 0.6) is 0 Å². The molecule has 0 aliphatic heterocycles. The second-order valence-electron chi connectivity index (χ2n) is 5.52. The van der Waals surface area contributed by atoms with Gasteiger partial charge in [-0.15, -0.1) is 0 Å². The number of carbonyl (C=O) groups excluding carboxylic acids is 1. The molecule has 0 aromatic heterocycles. The van der Waals surface area contributed by atoms with Gasteiger partial charge in [-0.1, -0.05) is 23.8 Å². The van der Waals surface area contributed by atoms with Crippen LogP contribution in [0, 0.1) is 19.8 Å². The molecule has 1 aliphatic carbocycles. The number of hydrogen-bond acceptors (Lipinski definition) is 1. The number of hydrogen-bond donors (Lipinski definition) is 0. The van der Waals surface area contributed by atoms with Gasteiger partial charge in [0.2, 0.25) is 0 Å². The molecular formula is C16H22O. The third-order valence-electron chi connectivity index (χ3n) is 4.17. The average molecular weight is 230 g/mol. The highest BCUT2D eigenvalue weighted by atomic mass is 16.1. The van der Waals surface area contributed by atoms with Crippen molar-refractivity contribution in [2.75, 3.05) is 0 Å². The van der Waals surface area contributed by atoms with Crippen molar-refractivity contribution in [1.82, 2.24) is 0 Å². The summed E-state index contributed by atoms with van der Waals surface area (Å²) in [5.41, 5.74) is 4.25. The molecule has 0 bridgehead atoms. The molecule has 0 spiro atoms. The Kier molecular flexibility index (Phi) is 3.66. The van der Waals surface area contributed by atoms with Crippen molar-refractivity contribution in [3.63, 3.8) is 0 Å². The highest BCUT2D eigenvalue weighted by molar-refractivity contribution is 5.78. The van der Waals surface area contributed by atoms with E-state index in [9.17, 15) is 4.79 Å². The average Bonchev–Trinajstić information content (AvgIpc) is 2.29. The summed E-state index contributed by atoms with van der Waals surface area (Å²) in [4.78, 5) is 11.4. The fourth-order valence-electron chi connectivity index (χ4n) is 3.09. The number of aryl methyl sites for hydroxylation is 2. The lowest BCUT2D eigenvalue weighted by molar-refractivity contribution is -0.121. The van der Waals surface area contributed by atoms with Gasteiger partial charge in [0.05, 0.1) is 0 Å². The van der Waals surface area contributed by atoms with E-state index in [1.165, 1.54) is 29.5 Å². The molecule has 0 heterocycles. The van der Waals surface area contributed by atoms with Crippen LogP contribution in [0.3, 0.4) is 0 Å². The fourth-order valence-corrected chi connectivity index (χ4v) is 3.09. The van der Waals surface area contributed by atoms with E-state index in [-0.39, 0.29) is 0 Å². The first kappa shape index (κ1) is 12.3. The molecule has 1 fully saturated rings. The van der Waals surface area contributed by atoms with Crippen LogP contribution in [-0.2, 0) is 4.79 Å². The number of benzene rings is 1. The van der Waals surface area contributed by atoms with Crippen LogP contribution < -0.4 is 0 Å². The van der Waals surface area contributed by atoms with Crippen LogP contribution in [0.4, 0.5) is 0 Å². The molecule has 2 rings (SSSR count). The SMILES string of the molecule is CC(=O)C1CCC(c2ccc(C)cc2C)CC1. The van der Waals surface area contributed by atoms with Crippen molar-refractivity contribution >= 4 is 5.78 Å². The van der Waals surface area contributed by atoms with Gasteiger partial charge >= 0.3 is 0 Å². The summed E-state index contributed by atoms with van der Waals surface area (Å²) in [5, 5.41) is 0. The summed E-state index contributed by atoms with van der Waals surface area (Å²) in [7, 11) is 0. The molecule has 0 amide bonds. The van der Waals surface area contributed by atoms with E-state index in [2.05, 4.69) is 32.0 Å². The van der Waals surface area contributed by atoms with E-state index in [4.69, 9.17) is 0 Å². The minimum absolute atomic E-state index is 0.331. The zero-order chi connectivity index (χ0) is 12.4. The van der Waals surface area contributed by atoms with Gasteiger partial charge in [-0.3, -0.25) is 4.79 Å². The Hall–Kier alpha value is -1.11. The third kappa shape index (κ3) is 2.77. The predicted octanol–water partition coefficient (Wildman–Crippen LogP) is 4.17. The van der Waals surface area contributed by atoms with Crippen molar-refractivity contribution in [2.45, 2.75) is 52.4 Å². The van der Waals surface area contributed by atoms with Gasteiger partial charge in [-0.2, -0.15) is 0 Å². The van der Waals surface area contributed by atoms with Crippen molar-refractivity contribution in [1.29, 1.82) is 0 Å². The zero-order valence-electron chi connectivity index (χ0n) is 11.1. The highest BCUT2D eigenvalue weighted by Crippen LogP contribution is 2.37. The summed E-state index contributed by atoms with van der Waals surface area (Å²) in [6, 6.07) is 6.76. The first-order valence-corrected chi connectivity index (χ1v) is 6.65. The first-order valence-electron chi connectivity index (χ1n) is 6.65. The summed E-state index contributed by atoms with van der Waals surface area (Å²) in [5.74, 6) is 1.38. The van der Waals surface area contributed by atoms with Crippen LogP contribution in [-0.4, -0.2) is 5.78 Å². The normalized spacial score (nSPS) is 24.6. The minimum atomic E-state index is 0.331. The first-order chi connectivity index (χ1) is 8.08. The van der Waals surface area contributed by atoms with Crippen LogP contribution in [0.2, 0.25) is 0 Å². The molecule has 1 heteroatoms. The standard InChI is InChI=1S/C16H22O/c1-11-4-9-16(12(2)10-11)15-7-5-14(6-8-15)13(3)17/h4,9-10,14-15H,5-8H2,1-3H3. The molecule has 1 nitrogen and oxygen atoms in total. The largest absolute Gasteiger partial charge is 0.300 e. The van der Waals surface area contributed by atoms with E-state index >= 15 is 0 Å². The molecule has 0 unspecified atom stereocenters. The quantitative estimate of drug-likeness (QED) is 0.745. The second kappa shape index (κ2) is 5.03. The van der Waals surface area contributed by atoms with Gasteiger partial charge in [0.1, 0.15) is 5.78 Å². The molecule has 0 N–H and O–H groups in total. The van der Waals surface area contributed by atoms with E-state index in [0.717, 1.165) is 12.8 Å². The zero-order valence-corrected chi connectivity index (χ0v) is 11.1. The monoisotopic (exact) mass is 230 g/mol. The van der Waals surface area contributed by atoms with Crippen LogP contribution >= 0.6 is 0 Å². The Bertz CT molecular complexity index is 412. The molecule has 0 saturated heterocycles. The second-order valence-corrected chi connectivity index (χ2v) is 5.52. The molecule has 1 saturated carbocycles. The van der Waals surface area contributed by atoms with Crippen molar-refractivity contribution in [2.24, 2.45) is 5.92 Å². The lowest BCUT2D eigenvalue weighted by atomic mass is 9.76. The summed E-state index contributed by atoms with van der Waals surface area (Å²) in [6.07, 6.45) is 4.50. The molecular weight excluding hydrogens is 208 g/mol. The lowest BCUT2D eigenvalue weighted by Crippen LogP contribution is -2.19. The molecule has 17 heavy (non-hydrogen) atoms. The summed E-state index contributed by atoms with van der Waals surface area (Å²) >= 11 is 0. The Balaban J connectivity index is 2.08. The molecule has 0 atom stereocenters. The Morgan fingerprint density at radius 2 is 1.76 bits per heavy atom. The molecule has 0 radical (unpaired) electrons. The number of ketones is 1. The van der Waals surface area contributed by atoms with E-state index in [1.54, 1.807) is 6.92 Å². The molecule has 1 aromatic carbocycles. The lowest BCUT2D eigenvalue weighted by Gasteiger charge is -2.28. The Labute approximate surface area is 104 Å². The highest BCUT2D eigenvalue weighted by Gasteiger charge is 2.25. The Morgan fingerprint density at radius 3 is 2.29 bits per heavy atom. The topological polar surface area (TPSA) is 17.1 Å². The maximum absolute atomic E-state index is 11.4. The van der Waals surface area contributed by atoms with Gasteiger partial charge in [0, 0.05) is 5.92 Å². The van der Waals surface area contributed by atoms with E-state index in [0.29, 0.717) is 17.6 Å². The maximum atomic E-state index is 11.4. The van der Waals surface area contributed by atoms with E-state index in [1.807, 2.05) is 0 Å². The smallest absolute Gasteiger partial charge is 0.132 e. The maximum Gasteiger partial charge on any atom is 0.132 e. The number of Topliss-reactive ketones (excluding diaryl/α,β-unsaturated/α-hetero) is 1. The fraction of sp³-hybridized carbons (Fsp3) is 0.562. The van der Waals surface area contributed by atoms with Crippen molar-refractivity contribution in [3.05, 3.63) is 34.9 Å². The van der Waals surface area contributed by atoms with Gasteiger partial charge in [-0.05, 0) is 63.5 Å². The summed E-state index contributed by atoms with van der Waals surface area (Å²) < 4.78 is 0. The summed E-state index contributed by atoms with van der Waals surface area (Å²) in [6.45, 7) is 6.09. The van der Waals surface area contributed by atoms with Crippen molar-refractivity contribution < 1.29 is 4.79 Å². The van der Waals surface area contributed by atoms with Crippen LogP contribution in [0.25, 0.3) is 0 Å². The van der Waals surface area contributed by atoms with Gasteiger partial charge < -0.3 is 0 Å². The van der Waals surface area contributed by atoms with Gasteiger partial charge in [-0.25, -0.2) is 0 Å². The number of carbonyl (C=O) groups is 1. The molecule has 1 aromatic rings. The van der Waals surface area contributed by atoms with Crippen LogP contribution in [0.15, 0.2) is 18.2 Å². The molecule has 92 valence electrons. The predicted molar refractivity (Wildman–Crippen MR) is 71.3 cm³/mol. The third-order valence-corrected chi connectivity index (χ3v) is 4.17. The van der Waals surface area contributed by atoms with Gasteiger partial charge in [0.15, 0.2) is 0 Å². The van der Waals surface area contributed by atoms with Crippen LogP contribution in [0.1, 0.15) is 55.2 Å². The minimum Gasteiger partial charge on any atom is -0.300 e. The Morgan fingerprint density at radius 1 is 1.12 bits per heavy atom. The number of rotatable bonds is 2. The van der Waals surface area contributed by atoms with Gasteiger partial charge in [0.25, 0.3) is 0 Å². The van der Waals surface area contributed by atoms with E-state index < -0.39 is 0 Å². The molecule has 1 aliphatic rings. The van der Waals surface area contributed by atoms with Crippen molar-refractivity contribution in [3.8, 4) is 0 Å².